The average molecular weight is 420 g/mol. The molecule has 0 amide bonds. The van der Waals surface area contributed by atoms with Crippen LogP contribution in [0.25, 0.3) is 11.0 Å². The largest absolute Gasteiger partial charge is 0.481 e. The third-order valence-electron chi connectivity index (χ3n) is 6.98. The van der Waals surface area contributed by atoms with Crippen LogP contribution in [0.3, 0.4) is 0 Å². The van der Waals surface area contributed by atoms with Crippen LogP contribution in [-0.2, 0) is 18.3 Å². The first kappa shape index (κ1) is 22.1. The van der Waals surface area contributed by atoms with Gasteiger partial charge in [-0.1, -0.05) is 31.4 Å². The minimum absolute atomic E-state index is 0. The summed E-state index contributed by atoms with van der Waals surface area (Å²) in [5.74, 6) is 1.87. The van der Waals surface area contributed by atoms with Gasteiger partial charge in [-0.2, -0.15) is 0 Å². The summed E-state index contributed by atoms with van der Waals surface area (Å²) in [6, 6.07) is 8.24. The van der Waals surface area contributed by atoms with E-state index in [9.17, 15) is 9.90 Å². The first-order valence-electron chi connectivity index (χ1n) is 10.9. The summed E-state index contributed by atoms with van der Waals surface area (Å²) in [6.45, 7) is 3.25. The van der Waals surface area contributed by atoms with Crippen molar-refractivity contribution in [1.29, 1.82) is 0 Å². The van der Waals surface area contributed by atoms with E-state index in [0.29, 0.717) is 5.92 Å². The van der Waals surface area contributed by atoms with Crippen molar-refractivity contribution in [2.24, 2.45) is 24.8 Å². The number of nitrogens with zero attached hydrogens (tertiary/aromatic N) is 3. The number of carboxylic acids is 1. The number of aromatic nitrogens is 2. The molecule has 4 rings (SSSR count). The lowest BCUT2D eigenvalue weighted by molar-refractivity contribution is -0.139. The van der Waals surface area contributed by atoms with E-state index in [1.54, 1.807) is 0 Å². The monoisotopic (exact) mass is 419 g/mol. The molecule has 1 N–H and O–H groups in total. The topological polar surface area (TPSA) is 58.4 Å². The second-order valence-corrected chi connectivity index (χ2v) is 8.95. The van der Waals surface area contributed by atoms with E-state index >= 15 is 0 Å². The van der Waals surface area contributed by atoms with E-state index in [0.717, 1.165) is 48.7 Å². The molecule has 2 heterocycles. The van der Waals surface area contributed by atoms with Gasteiger partial charge in [-0.15, -0.1) is 12.4 Å². The molecule has 2 aromatic rings. The minimum atomic E-state index is -0.666. The SMILES string of the molecule is Cl.Cn1c(C[C@H]2CN(CC3CCCCC3)CC[C@H]2CC(=O)O)nc2ccccc21. The number of carbonyl (C=O) groups is 1. The van der Waals surface area contributed by atoms with Crippen LogP contribution in [0.1, 0.15) is 50.8 Å². The van der Waals surface area contributed by atoms with Crippen LogP contribution in [0.4, 0.5) is 0 Å². The molecular weight excluding hydrogens is 386 g/mol. The summed E-state index contributed by atoms with van der Waals surface area (Å²) in [5.41, 5.74) is 2.19. The Kier molecular flexibility index (Phi) is 7.58. The quantitative estimate of drug-likeness (QED) is 0.747. The number of rotatable bonds is 6. The fourth-order valence-electron chi connectivity index (χ4n) is 5.39. The molecule has 1 saturated carbocycles. The van der Waals surface area contributed by atoms with Crippen LogP contribution in [-0.4, -0.2) is 45.2 Å². The van der Waals surface area contributed by atoms with Gasteiger partial charge in [0.1, 0.15) is 5.82 Å². The number of halogens is 1. The van der Waals surface area contributed by atoms with Gasteiger partial charge in [0.2, 0.25) is 0 Å². The van der Waals surface area contributed by atoms with Crippen molar-refractivity contribution in [3.8, 4) is 0 Å². The average Bonchev–Trinajstić information content (AvgIpc) is 3.00. The van der Waals surface area contributed by atoms with Crippen LogP contribution in [0.5, 0.6) is 0 Å². The van der Waals surface area contributed by atoms with Crippen LogP contribution < -0.4 is 0 Å². The molecule has 0 bridgehead atoms. The highest BCUT2D eigenvalue weighted by molar-refractivity contribution is 5.85. The summed E-state index contributed by atoms with van der Waals surface area (Å²) in [7, 11) is 2.08. The Morgan fingerprint density at radius 1 is 1.14 bits per heavy atom. The van der Waals surface area contributed by atoms with Gasteiger partial charge in [0, 0.05) is 33.0 Å². The fraction of sp³-hybridized carbons (Fsp3) is 0.652. The van der Waals surface area contributed by atoms with Crippen molar-refractivity contribution < 1.29 is 9.90 Å². The second kappa shape index (κ2) is 9.94. The molecule has 0 unspecified atom stereocenters. The van der Waals surface area contributed by atoms with Crippen LogP contribution >= 0.6 is 12.4 Å². The molecule has 160 valence electrons. The molecule has 0 radical (unpaired) electrons. The van der Waals surface area contributed by atoms with Gasteiger partial charge >= 0.3 is 5.97 Å². The lowest BCUT2D eigenvalue weighted by atomic mass is 9.80. The fourth-order valence-corrected chi connectivity index (χ4v) is 5.39. The number of benzene rings is 1. The molecule has 2 atom stereocenters. The first-order valence-corrected chi connectivity index (χ1v) is 10.9. The Morgan fingerprint density at radius 3 is 2.62 bits per heavy atom. The zero-order valence-electron chi connectivity index (χ0n) is 17.4. The molecule has 1 saturated heterocycles. The highest BCUT2D eigenvalue weighted by Gasteiger charge is 2.33. The van der Waals surface area contributed by atoms with Crippen molar-refractivity contribution in [2.45, 2.75) is 51.4 Å². The standard InChI is InChI=1S/C23H33N3O2.ClH/c1-25-21-10-6-5-9-20(21)24-22(25)13-19-16-26(12-11-18(19)14-23(27)28)15-17-7-3-2-4-8-17;/h5-6,9-10,17-19H,2-4,7-8,11-16H2,1H3,(H,27,28);1H/t18-,19-;/m0./s1. The van der Waals surface area contributed by atoms with E-state index in [4.69, 9.17) is 4.98 Å². The molecule has 6 heteroatoms. The Labute approximate surface area is 179 Å². The van der Waals surface area contributed by atoms with E-state index in [1.165, 1.54) is 38.6 Å². The molecule has 5 nitrogen and oxygen atoms in total. The maximum atomic E-state index is 11.4. The van der Waals surface area contributed by atoms with Gasteiger partial charge in [-0.25, -0.2) is 4.98 Å². The molecule has 1 aromatic heterocycles. The minimum Gasteiger partial charge on any atom is -0.481 e. The van der Waals surface area contributed by atoms with Crippen LogP contribution in [0.15, 0.2) is 24.3 Å². The van der Waals surface area contributed by atoms with Crippen molar-refractivity contribution in [3.05, 3.63) is 30.1 Å². The number of likely N-dealkylation sites (tertiary alicyclic amines) is 1. The summed E-state index contributed by atoms with van der Waals surface area (Å²) >= 11 is 0. The van der Waals surface area contributed by atoms with E-state index in [2.05, 4.69) is 28.6 Å². The molecular formula is C23H34ClN3O2. The Morgan fingerprint density at radius 2 is 1.90 bits per heavy atom. The predicted octanol–water partition coefficient (Wildman–Crippen LogP) is 4.53. The maximum Gasteiger partial charge on any atom is 0.303 e. The van der Waals surface area contributed by atoms with E-state index in [1.807, 2.05) is 12.1 Å². The van der Waals surface area contributed by atoms with Crippen LogP contribution in [0, 0.1) is 17.8 Å². The van der Waals surface area contributed by atoms with Crippen LogP contribution in [0.2, 0.25) is 0 Å². The molecule has 1 aliphatic carbocycles. The maximum absolute atomic E-state index is 11.4. The highest BCUT2D eigenvalue weighted by atomic mass is 35.5. The molecule has 1 aliphatic heterocycles. The van der Waals surface area contributed by atoms with Gasteiger partial charge in [-0.05, 0) is 55.7 Å². The number of hydrogen-bond donors (Lipinski definition) is 1. The number of aliphatic carboxylic acids is 1. The number of carboxylic acid groups (broad SMARTS) is 1. The number of aryl methyl sites for hydroxylation is 1. The third-order valence-corrected chi connectivity index (χ3v) is 6.98. The molecule has 0 spiro atoms. The van der Waals surface area contributed by atoms with Gasteiger partial charge in [0.05, 0.1) is 11.0 Å². The number of imidazole rings is 1. The highest BCUT2D eigenvalue weighted by Crippen LogP contribution is 2.32. The normalized spacial score (nSPS) is 23.8. The zero-order chi connectivity index (χ0) is 19.5. The van der Waals surface area contributed by atoms with Gasteiger partial charge in [0.25, 0.3) is 0 Å². The third kappa shape index (κ3) is 5.32. The van der Waals surface area contributed by atoms with Gasteiger partial charge in [0.15, 0.2) is 0 Å². The Hall–Kier alpha value is -1.59. The van der Waals surface area contributed by atoms with Crippen molar-refractivity contribution in [3.63, 3.8) is 0 Å². The molecule has 29 heavy (non-hydrogen) atoms. The smallest absolute Gasteiger partial charge is 0.303 e. The Bertz CT molecular complexity index is 816. The summed E-state index contributed by atoms with van der Waals surface area (Å²) in [4.78, 5) is 18.9. The summed E-state index contributed by atoms with van der Waals surface area (Å²) in [6.07, 6.45) is 9.03. The number of fused-ring (bicyclic) bond motifs is 1. The zero-order valence-corrected chi connectivity index (χ0v) is 18.2. The van der Waals surface area contributed by atoms with Crippen molar-refractivity contribution in [2.75, 3.05) is 19.6 Å². The Balaban J connectivity index is 0.00000240. The summed E-state index contributed by atoms with van der Waals surface area (Å²) < 4.78 is 2.19. The van der Waals surface area contributed by atoms with Crippen molar-refractivity contribution in [1.82, 2.24) is 14.5 Å². The van der Waals surface area contributed by atoms with E-state index < -0.39 is 5.97 Å². The van der Waals surface area contributed by atoms with Gasteiger partial charge in [-0.3, -0.25) is 4.79 Å². The summed E-state index contributed by atoms with van der Waals surface area (Å²) in [5, 5.41) is 9.41. The van der Waals surface area contributed by atoms with Gasteiger partial charge < -0.3 is 14.6 Å². The lowest BCUT2D eigenvalue weighted by Gasteiger charge is -2.40. The second-order valence-electron chi connectivity index (χ2n) is 8.95. The molecule has 2 fully saturated rings. The molecule has 2 aliphatic rings. The first-order chi connectivity index (χ1) is 13.6. The number of piperidine rings is 1. The lowest BCUT2D eigenvalue weighted by Crippen LogP contribution is -2.44. The van der Waals surface area contributed by atoms with Crippen molar-refractivity contribution >= 4 is 29.4 Å². The number of para-hydroxylation sites is 2. The molecule has 1 aromatic carbocycles. The number of hydrogen-bond acceptors (Lipinski definition) is 3. The van der Waals surface area contributed by atoms with E-state index in [-0.39, 0.29) is 24.7 Å². The predicted molar refractivity (Wildman–Crippen MR) is 119 cm³/mol.